The monoisotopic (exact) mass is 558 g/mol. The van der Waals surface area contributed by atoms with Crippen LogP contribution in [0, 0.1) is 11.8 Å². The largest absolute Gasteiger partial charge is 0.502 e. The van der Waals surface area contributed by atoms with Crippen molar-refractivity contribution in [3.05, 3.63) is 56.6 Å². The molecule has 2 aromatic rings. The van der Waals surface area contributed by atoms with Crippen LogP contribution in [0.3, 0.4) is 0 Å². The minimum Gasteiger partial charge on any atom is -0.502 e. The van der Waals surface area contributed by atoms with Crippen molar-refractivity contribution in [1.82, 2.24) is 0 Å². The SMILES string of the molecule is CC.CC(CCCS(=O)CCCS(=O)CCCC(C)Cc1cc(=O)c(O)co1)Cc1cc(=O)c(O)co1. The first-order valence-corrected chi connectivity index (χ1v) is 15.9. The van der Waals surface area contributed by atoms with Crippen LogP contribution in [0.2, 0.25) is 0 Å². The van der Waals surface area contributed by atoms with Crippen molar-refractivity contribution in [3.8, 4) is 11.5 Å². The number of hydrogen-bond acceptors (Lipinski definition) is 8. The molecule has 0 aliphatic heterocycles. The average molecular weight is 559 g/mol. The molecule has 4 atom stereocenters. The predicted octanol–water partition coefficient (Wildman–Crippen LogP) is 4.54. The van der Waals surface area contributed by atoms with Crippen molar-refractivity contribution < 1.29 is 27.5 Å². The fourth-order valence-electron chi connectivity index (χ4n) is 3.76. The van der Waals surface area contributed by atoms with E-state index in [0.29, 0.717) is 53.8 Å². The van der Waals surface area contributed by atoms with Gasteiger partial charge in [-0.1, -0.05) is 27.7 Å². The Kier molecular flexibility index (Phi) is 16.1. The van der Waals surface area contributed by atoms with Gasteiger partial charge in [-0.2, -0.15) is 0 Å². The summed E-state index contributed by atoms with van der Waals surface area (Å²) in [4.78, 5) is 22.9. The molecule has 0 bridgehead atoms. The molecule has 210 valence electrons. The van der Waals surface area contributed by atoms with E-state index in [0.717, 1.165) is 38.2 Å². The molecule has 2 heterocycles. The molecule has 2 N–H and O–H groups in total. The lowest BCUT2D eigenvalue weighted by Crippen LogP contribution is -2.11. The van der Waals surface area contributed by atoms with E-state index in [1.807, 2.05) is 27.7 Å². The van der Waals surface area contributed by atoms with Gasteiger partial charge in [-0.25, -0.2) is 0 Å². The van der Waals surface area contributed by atoms with Gasteiger partial charge < -0.3 is 19.0 Å². The highest BCUT2D eigenvalue weighted by atomic mass is 32.2. The molecule has 37 heavy (non-hydrogen) atoms. The summed E-state index contributed by atoms with van der Waals surface area (Å²) in [5.41, 5.74) is -0.897. The first-order chi connectivity index (χ1) is 17.6. The van der Waals surface area contributed by atoms with E-state index in [1.54, 1.807) is 0 Å². The van der Waals surface area contributed by atoms with Crippen molar-refractivity contribution in [1.29, 1.82) is 0 Å². The molecule has 0 aliphatic carbocycles. The number of rotatable bonds is 16. The third-order valence-electron chi connectivity index (χ3n) is 5.71. The summed E-state index contributed by atoms with van der Waals surface area (Å²) < 4.78 is 34.9. The third-order valence-corrected chi connectivity index (χ3v) is 8.69. The zero-order valence-electron chi connectivity index (χ0n) is 22.4. The molecule has 0 aliphatic rings. The van der Waals surface area contributed by atoms with Gasteiger partial charge in [0.05, 0.1) is 0 Å². The van der Waals surface area contributed by atoms with Crippen LogP contribution in [0.1, 0.15) is 71.3 Å². The Bertz CT molecular complexity index is 1010. The molecule has 10 heteroatoms. The van der Waals surface area contributed by atoms with Crippen molar-refractivity contribution in [2.45, 2.75) is 72.6 Å². The maximum atomic E-state index is 12.2. The van der Waals surface area contributed by atoms with Crippen LogP contribution >= 0.6 is 0 Å². The number of aromatic hydroxyl groups is 2. The van der Waals surface area contributed by atoms with Crippen molar-refractivity contribution in [3.63, 3.8) is 0 Å². The Morgan fingerprint density at radius 3 is 1.41 bits per heavy atom. The fraction of sp³-hybridized carbons (Fsp3) is 0.630. The maximum absolute atomic E-state index is 12.2. The molecule has 4 unspecified atom stereocenters. The van der Waals surface area contributed by atoms with Crippen molar-refractivity contribution >= 4 is 21.6 Å². The lowest BCUT2D eigenvalue weighted by atomic mass is 10.0. The van der Waals surface area contributed by atoms with Crippen molar-refractivity contribution in [2.75, 3.05) is 23.0 Å². The van der Waals surface area contributed by atoms with Crippen LogP contribution < -0.4 is 10.9 Å². The molecule has 0 aromatic carbocycles. The fourth-order valence-corrected chi connectivity index (χ4v) is 6.26. The van der Waals surface area contributed by atoms with Crippen LogP contribution in [0.25, 0.3) is 0 Å². The van der Waals surface area contributed by atoms with Crippen LogP contribution in [0.5, 0.6) is 11.5 Å². The zero-order chi connectivity index (χ0) is 27.8. The second kappa shape index (κ2) is 18.1. The summed E-state index contributed by atoms with van der Waals surface area (Å²) in [5.74, 6) is 3.09. The molecule has 2 aromatic heterocycles. The van der Waals surface area contributed by atoms with E-state index in [2.05, 4.69) is 0 Å². The normalized spacial score (nSPS) is 14.3. The highest BCUT2D eigenvalue weighted by molar-refractivity contribution is 7.85. The first kappa shape index (κ1) is 32.8. The Hall–Kier alpha value is -2.20. The molecule has 2 rings (SSSR count). The van der Waals surface area contributed by atoms with Gasteiger partial charge in [-0.05, 0) is 43.9 Å². The summed E-state index contributed by atoms with van der Waals surface area (Å²) in [5, 5.41) is 18.5. The van der Waals surface area contributed by atoms with Gasteiger partial charge in [0, 0.05) is 69.6 Å². The molecule has 8 nitrogen and oxygen atoms in total. The Morgan fingerprint density at radius 1 is 0.703 bits per heavy atom. The van der Waals surface area contributed by atoms with Gasteiger partial charge in [-0.15, -0.1) is 0 Å². The van der Waals surface area contributed by atoms with Crippen LogP contribution in [0.15, 0.2) is 43.1 Å². The van der Waals surface area contributed by atoms with E-state index in [1.165, 1.54) is 12.1 Å². The standard InChI is InChI=1S/C25H36O8S2.C2H6/c1-18(12-20-14-22(26)24(28)16-32-20)6-3-8-34(30)10-5-11-35(31)9-4-7-19(2)13-21-15-23(27)25(29)17-33-21;1-2/h14-19,28-29H,3-13H2,1-2H3;1-2H3. The summed E-state index contributed by atoms with van der Waals surface area (Å²) in [6.45, 7) is 8.08. The van der Waals surface area contributed by atoms with Gasteiger partial charge in [-0.3, -0.25) is 18.0 Å². The van der Waals surface area contributed by atoms with Crippen LogP contribution in [-0.2, 0) is 34.4 Å². The predicted molar refractivity (Wildman–Crippen MR) is 149 cm³/mol. The second-order valence-corrected chi connectivity index (χ2v) is 12.5. The van der Waals surface area contributed by atoms with E-state index < -0.39 is 44.0 Å². The minimum atomic E-state index is -0.940. The lowest BCUT2D eigenvalue weighted by Gasteiger charge is -2.11. The van der Waals surface area contributed by atoms with Gasteiger partial charge >= 0.3 is 0 Å². The lowest BCUT2D eigenvalue weighted by molar-refractivity contribution is 0.391. The van der Waals surface area contributed by atoms with Gasteiger partial charge in [0.2, 0.25) is 10.9 Å². The third kappa shape index (κ3) is 13.8. The maximum Gasteiger partial charge on any atom is 0.226 e. The summed E-state index contributed by atoms with van der Waals surface area (Å²) in [7, 11) is -1.88. The van der Waals surface area contributed by atoms with Crippen LogP contribution in [-0.4, -0.2) is 41.6 Å². The van der Waals surface area contributed by atoms with Gasteiger partial charge in [0.1, 0.15) is 24.0 Å². The average Bonchev–Trinajstić information content (AvgIpc) is 2.85. The van der Waals surface area contributed by atoms with E-state index in [9.17, 15) is 28.2 Å². The highest BCUT2D eigenvalue weighted by Gasteiger charge is 2.11. The van der Waals surface area contributed by atoms with Crippen LogP contribution in [0.4, 0.5) is 0 Å². The smallest absolute Gasteiger partial charge is 0.226 e. The molecule has 0 amide bonds. The first-order valence-electron chi connectivity index (χ1n) is 12.9. The van der Waals surface area contributed by atoms with E-state index in [4.69, 9.17) is 8.83 Å². The molecule has 0 fully saturated rings. The minimum absolute atomic E-state index is 0.264. The summed E-state index contributed by atoms with van der Waals surface area (Å²) in [6, 6.07) is 2.61. The molecular weight excluding hydrogens is 516 g/mol. The van der Waals surface area contributed by atoms with E-state index in [-0.39, 0.29) is 11.8 Å². The molecule has 0 spiro atoms. The molecule has 0 saturated heterocycles. The Balaban J connectivity index is 0.00000334. The summed E-state index contributed by atoms with van der Waals surface area (Å²) in [6.07, 6.45) is 7.27. The Morgan fingerprint density at radius 2 is 1.05 bits per heavy atom. The molecular formula is C27H42O8S2. The Labute approximate surface area is 224 Å². The zero-order valence-corrected chi connectivity index (χ0v) is 24.0. The number of hydrogen-bond donors (Lipinski definition) is 2. The molecule has 0 saturated carbocycles. The van der Waals surface area contributed by atoms with E-state index >= 15 is 0 Å². The van der Waals surface area contributed by atoms with Gasteiger partial charge in [0.15, 0.2) is 11.5 Å². The van der Waals surface area contributed by atoms with Crippen molar-refractivity contribution in [2.24, 2.45) is 11.8 Å². The van der Waals surface area contributed by atoms with Gasteiger partial charge in [0.25, 0.3) is 0 Å². The second-order valence-electron chi connectivity index (χ2n) is 9.14. The molecule has 0 radical (unpaired) electrons. The highest BCUT2D eigenvalue weighted by Crippen LogP contribution is 2.16. The quantitative estimate of drug-likeness (QED) is 0.307. The summed E-state index contributed by atoms with van der Waals surface area (Å²) >= 11 is 0. The topological polar surface area (TPSA) is 135 Å².